The number of sulfonamides is 1. The molecule has 0 aliphatic carbocycles. The molecule has 2 atom stereocenters. The van der Waals surface area contributed by atoms with E-state index in [-0.39, 0.29) is 5.75 Å². The minimum Gasteiger partial charge on any atom is -0.398 e. The first-order valence-corrected chi connectivity index (χ1v) is 10.3. The molecule has 0 amide bonds. The summed E-state index contributed by atoms with van der Waals surface area (Å²) in [5.41, 5.74) is 15.0. The molecule has 27 heavy (non-hydrogen) atoms. The highest BCUT2D eigenvalue weighted by atomic mass is 32.2. The molecule has 0 fully saturated rings. The smallest absolute Gasteiger partial charge is 0.216 e. The van der Waals surface area contributed by atoms with Crippen LogP contribution in [0.5, 0.6) is 0 Å². The highest BCUT2D eigenvalue weighted by molar-refractivity contribution is 7.88. The summed E-state index contributed by atoms with van der Waals surface area (Å²) in [4.78, 5) is 0. The second-order valence-corrected chi connectivity index (χ2v) is 8.15. The van der Waals surface area contributed by atoms with Crippen molar-refractivity contribution >= 4 is 15.7 Å². The van der Waals surface area contributed by atoms with Crippen LogP contribution in [0, 0.1) is 0 Å². The molecule has 140 valence electrons. The van der Waals surface area contributed by atoms with E-state index in [4.69, 9.17) is 11.5 Å². The van der Waals surface area contributed by atoms with Crippen molar-refractivity contribution in [3.8, 4) is 0 Å². The number of anilines is 1. The van der Waals surface area contributed by atoms with Gasteiger partial charge in [-0.15, -0.1) is 0 Å². The zero-order chi connectivity index (χ0) is 19.3. The third kappa shape index (κ3) is 4.95. The molecular weight excluding hydrogens is 358 g/mol. The molecule has 0 bridgehead atoms. The van der Waals surface area contributed by atoms with Gasteiger partial charge in [0, 0.05) is 5.69 Å². The molecule has 0 aromatic heterocycles. The molecule has 0 saturated heterocycles. The van der Waals surface area contributed by atoms with E-state index >= 15 is 0 Å². The van der Waals surface area contributed by atoms with E-state index in [0.717, 1.165) is 11.1 Å². The van der Waals surface area contributed by atoms with Gasteiger partial charge in [0.05, 0.1) is 17.8 Å². The monoisotopic (exact) mass is 381 g/mol. The van der Waals surface area contributed by atoms with Crippen molar-refractivity contribution < 1.29 is 8.42 Å². The van der Waals surface area contributed by atoms with Crippen LogP contribution in [0.15, 0.2) is 84.9 Å². The van der Waals surface area contributed by atoms with Crippen LogP contribution in [0.2, 0.25) is 0 Å². The molecule has 2 unspecified atom stereocenters. The van der Waals surface area contributed by atoms with Gasteiger partial charge in [-0.2, -0.15) is 0 Å². The summed E-state index contributed by atoms with van der Waals surface area (Å²) in [6, 6.07) is 24.6. The van der Waals surface area contributed by atoms with Crippen molar-refractivity contribution in [2.75, 3.05) is 5.73 Å². The molecule has 0 radical (unpaired) electrons. The number of rotatable bonds is 7. The topological polar surface area (TPSA) is 98.2 Å². The molecule has 3 aromatic carbocycles. The predicted octanol–water partition coefficient (Wildman–Crippen LogP) is 3.13. The van der Waals surface area contributed by atoms with E-state index < -0.39 is 22.1 Å². The number of para-hydroxylation sites is 1. The Morgan fingerprint density at radius 1 is 0.778 bits per heavy atom. The normalized spacial score (nSPS) is 13.8. The van der Waals surface area contributed by atoms with Gasteiger partial charge < -0.3 is 11.5 Å². The second kappa shape index (κ2) is 8.35. The van der Waals surface area contributed by atoms with Gasteiger partial charge in [0.1, 0.15) is 0 Å². The summed E-state index contributed by atoms with van der Waals surface area (Å²) in [5, 5.41) is 0. The molecule has 0 aliphatic rings. The van der Waals surface area contributed by atoms with Crippen molar-refractivity contribution in [1.82, 2.24) is 4.72 Å². The molecule has 3 rings (SSSR count). The van der Waals surface area contributed by atoms with Gasteiger partial charge >= 0.3 is 0 Å². The number of nitrogen functional groups attached to an aromatic ring is 1. The molecule has 0 saturated carbocycles. The first-order valence-electron chi connectivity index (χ1n) is 8.65. The maximum atomic E-state index is 12.8. The average molecular weight is 382 g/mol. The molecule has 0 aliphatic heterocycles. The quantitative estimate of drug-likeness (QED) is 0.548. The van der Waals surface area contributed by atoms with Gasteiger partial charge in [0.25, 0.3) is 0 Å². The lowest BCUT2D eigenvalue weighted by Gasteiger charge is -2.26. The van der Waals surface area contributed by atoms with E-state index in [1.54, 1.807) is 24.3 Å². The second-order valence-electron chi connectivity index (χ2n) is 6.40. The van der Waals surface area contributed by atoms with E-state index in [0.29, 0.717) is 11.3 Å². The number of nitrogens with one attached hydrogen (secondary N) is 1. The lowest BCUT2D eigenvalue weighted by atomic mass is 9.95. The standard InChI is InChI=1S/C21H23N3O2S/c22-19-14-8-7-13-18(19)15-27(25,26)24-21(17-11-5-2-6-12-17)20(23)16-9-3-1-4-10-16/h1-14,20-21,24H,15,22-23H2. The zero-order valence-corrected chi connectivity index (χ0v) is 15.6. The summed E-state index contributed by atoms with van der Waals surface area (Å²) in [5.74, 6) is -0.204. The number of hydrogen-bond donors (Lipinski definition) is 3. The van der Waals surface area contributed by atoms with Crippen LogP contribution < -0.4 is 16.2 Å². The molecule has 0 spiro atoms. The number of nitrogens with two attached hydrogens (primary N) is 2. The molecule has 5 N–H and O–H groups in total. The van der Waals surface area contributed by atoms with Crippen molar-refractivity contribution in [3.05, 3.63) is 102 Å². The van der Waals surface area contributed by atoms with Crippen LogP contribution in [-0.4, -0.2) is 8.42 Å². The van der Waals surface area contributed by atoms with Gasteiger partial charge in [-0.1, -0.05) is 78.9 Å². The van der Waals surface area contributed by atoms with E-state index in [1.165, 1.54) is 0 Å². The van der Waals surface area contributed by atoms with Crippen molar-refractivity contribution in [1.29, 1.82) is 0 Å². The Morgan fingerprint density at radius 2 is 1.30 bits per heavy atom. The Morgan fingerprint density at radius 3 is 1.89 bits per heavy atom. The van der Waals surface area contributed by atoms with Gasteiger partial charge in [0.2, 0.25) is 10.0 Å². The molecule has 3 aromatic rings. The first kappa shape index (κ1) is 19.1. The fraction of sp³-hybridized carbons (Fsp3) is 0.143. The lowest BCUT2D eigenvalue weighted by Crippen LogP contribution is -2.36. The number of hydrogen-bond acceptors (Lipinski definition) is 4. The predicted molar refractivity (Wildman–Crippen MR) is 109 cm³/mol. The maximum absolute atomic E-state index is 12.8. The molecule has 5 nitrogen and oxygen atoms in total. The fourth-order valence-corrected chi connectivity index (χ4v) is 4.41. The largest absolute Gasteiger partial charge is 0.398 e. The minimum atomic E-state index is -3.67. The van der Waals surface area contributed by atoms with Crippen LogP contribution in [0.1, 0.15) is 28.8 Å². The van der Waals surface area contributed by atoms with E-state index in [9.17, 15) is 8.42 Å². The summed E-state index contributed by atoms with van der Waals surface area (Å²) in [6.45, 7) is 0. The van der Waals surface area contributed by atoms with Crippen LogP contribution in [-0.2, 0) is 15.8 Å². The summed E-state index contributed by atoms with van der Waals surface area (Å²) >= 11 is 0. The Balaban J connectivity index is 1.90. The van der Waals surface area contributed by atoms with Crippen LogP contribution in [0.3, 0.4) is 0 Å². The SMILES string of the molecule is Nc1ccccc1CS(=O)(=O)NC(c1ccccc1)C(N)c1ccccc1. The Kier molecular flexibility index (Phi) is 5.91. The molecular formula is C21H23N3O2S. The summed E-state index contributed by atoms with van der Waals surface area (Å²) in [7, 11) is -3.67. The maximum Gasteiger partial charge on any atom is 0.216 e. The van der Waals surface area contributed by atoms with Crippen molar-refractivity contribution in [3.63, 3.8) is 0 Å². The van der Waals surface area contributed by atoms with Crippen LogP contribution >= 0.6 is 0 Å². The number of benzene rings is 3. The van der Waals surface area contributed by atoms with Crippen molar-refractivity contribution in [2.24, 2.45) is 5.73 Å². The highest BCUT2D eigenvalue weighted by Crippen LogP contribution is 2.28. The van der Waals surface area contributed by atoms with Crippen LogP contribution in [0.4, 0.5) is 5.69 Å². The lowest BCUT2D eigenvalue weighted by molar-refractivity contribution is 0.503. The van der Waals surface area contributed by atoms with Crippen LogP contribution in [0.25, 0.3) is 0 Å². The summed E-state index contributed by atoms with van der Waals surface area (Å²) in [6.07, 6.45) is 0. The van der Waals surface area contributed by atoms with E-state index in [1.807, 2.05) is 60.7 Å². The Hall–Kier alpha value is -2.67. The Bertz CT molecular complexity index is 977. The third-order valence-electron chi connectivity index (χ3n) is 4.41. The van der Waals surface area contributed by atoms with E-state index in [2.05, 4.69) is 4.72 Å². The molecule has 0 heterocycles. The summed E-state index contributed by atoms with van der Waals surface area (Å²) < 4.78 is 28.5. The van der Waals surface area contributed by atoms with Gasteiger partial charge in [-0.05, 0) is 22.8 Å². The van der Waals surface area contributed by atoms with Gasteiger partial charge in [-0.25, -0.2) is 13.1 Å². The Labute approximate surface area is 160 Å². The fourth-order valence-electron chi connectivity index (χ4n) is 2.98. The average Bonchev–Trinajstić information content (AvgIpc) is 2.69. The first-order chi connectivity index (χ1) is 13.0. The zero-order valence-electron chi connectivity index (χ0n) is 14.8. The van der Waals surface area contributed by atoms with Gasteiger partial charge in [0.15, 0.2) is 0 Å². The third-order valence-corrected chi connectivity index (χ3v) is 5.71. The van der Waals surface area contributed by atoms with Gasteiger partial charge in [-0.3, -0.25) is 0 Å². The molecule has 6 heteroatoms. The highest BCUT2D eigenvalue weighted by Gasteiger charge is 2.26. The van der Waals surface area contributed by atoms with Crippen molar-refractivity contribution in [2.45, 2.75) is 17.8 Å². The minimum absolute atomic E-state index is 0.204.